The summed E-state index contributed by atoms with van der Waals surface area (Å²) in [6.07, 6.45) is 3.50. The normalized spacial score (nSPS) is 17.1. The van der Waals surface area contributed by atoms with E-state index in [0.717, 1.165) is 56.3 Å². The molecule has 0 bridgehead atoms. The summed E-state index contributed by atoms with van der Waals surface area (Å²) in [6.45, 7) is 4.98. The molecule has 1 fully saturated rings. The van der Waals surface area contributed by atoms with E-state index in [-0.39, 0.29) is 0 Å². The van der Waals surface area contributed by atoms with Crippen LogP contribution in [0.3, 0.4) is 0 Å². The van der Waals surface area contributed by atoms with E-state index >= 15 is 0 Å². The molecule has 1 aromatic rings. The molecule has 7 nitrogen and oxygen atoms in total. The predicted octanol–water partition coefficient (Wildman–Crippen LogP) is 1.96. The van der Waals surface area contributed by atoms with Crippen molar-refractivity contribution in [1.82, 2.24) is 10.6 Å². The molecule has 1 aliphatic heterocycles. The molecule has 7 heteroatoms. The molecule has 2 rings (SSSR count). The fourth-order valence-electron chi connectivity index (χ4n) is 2.72. The number of ether oxygens (including phenoxy) is 4. The van der Waals surface area contributed by atoms with Gasteiger partial charge in [0.05, 0.1) is 19.3 Å². The first-order chi connectivity index (χ1) is 13.3. The maximum atomic E-state index is 5.66. The SMILES string of the molecule is CN=C(NCCCOCC1CCCO1)NCc1ccc(OCCOC)cc1. The minimum absolute atomic E-state index is 0.296. The van der Waals surface area contributed by atoms with Gasteiger partial charge in [0.15, 0.2) is 5.96 Å². The van der Waals surface area contributed by atoms with Crippen molar-refractivity contribution in [3.63, 3.8) is 0 Å². The summed E-state index contributed by atoms with van der Waals surface area (Å²) in [5.74, 6) is 1.64. The van der Waals surface area contributed by atoms with Gasteiger partial charge in [-0.05, 0) is 37.0 Å². The van der Waals surface area contributed by atoms with Crippen LogP contribution in [-0.4, -0.2) is 65.8 Å². The number of hydrogen-bond acceptors (Lipinski definition) is 5. The van der Waals surface area contributed by atoms with Gasteiger partial charge in [-0.15, -0.1) is 0 Å². The molecular formula is C20H33N3O4. The van der Waals surface area contributed by atoms with E-state index in [4.69, 9.17) is 18.9 Å². The average molecular weight is 380 g/mol. The van der Waals surface area contributed by atoms with E-state index in [1.165, 1.54) is 0 Å². The van der Waals surface area contributed by atoms with Crippen LogP contribution in [0.2, 0.25) is 0 Å². The number of benzene rings is 1. The van der Waals surface area contributed by atoms with Crippen molar-refractivity contribution >= 4 is 5.96 Å². The summed E-state index contributed by atoms with van der Waals surface area (Å²) in [5.41, 5.74) is 1.16. The second-order valence-electron chi connectivity index (χ2n) is 6.40. The van der Waals surface area contributed by atoms with Crippen LogP contribution in [0, 0.1) is 0 Å². The number of hydrogen-bond donors (Lipinski definition) is 2. The lowest BCUT2D eigenvalue weighted by Gasteiger charge is -2.13. The molecule has 1 aromatic carbocycles. The maximum absolute atomic E-state index is 5.66. The molecule has 1 unspecified atom stereocenters. The molecule has 1 atom stereocenters. The van der Waals surface area contributed by atoms with Crippen LogP contribution in [0.15, 0.2) is 29.3 Å². The minimum Gasteiger partial charge on any atom is -0.491 e. The first kappa shape index (κ1) is 21.5. The van der Waals surface area contributed by atoms with Crippen LogP contribution in [0.1, 0.15) is 24.8 Å². The van der Waals surface area contributed by atoms with Gasteiger partial charge in [0.1, 0.15) is 12.4 Å². The van der Waals surface area contributed by atoms with Crippen LogP contribution < -0.4 is 15.4 Å². The molecule has 0 amide bonds. The van der Waals surface area contributed by atoms with Crippen molar-refractivity contribution in [1.29, 1.82) is 0 Å². The van der Waals surface area contributed by atoms with Gasteiger partial charge in [-0.3, -0.25) is 4.99 Å². The van der Waals surface area contributed by atoms with Crippen molar-refractivity contribution in [3.05, 3.63) is 29.8 Å². The third kappa shape index (κ3) is 9.08. The summed E-state index contributed by atoms with van der Waals surface area (Å²) in [5, 5.41) is 6.61. The Kier molecular flexibility index (Phi) is 10.6. The molecule has 1 aliphatic rings. The number of methoxy groups -OCH3 is 1. The second kappa shape index (κ2) is 13.4. The highest BCUT2D eigenvalue weighted by molar-refractivity contribution is 5.79. The Morgan fingerprint density at radius 2 is 2.04 bits per heavy atom. The van der Waals surface area contributed by atoms with Gasteiger partial charge in [0.2, 0.25) is 0 Å². The molecule has 27 heavy (non-hydrogen) atoms. The van der Waals surface area contributed by atoms with Crippen molar-refractivity contribution in [2.24, 2.45) is 4.99 Å². The van der Waals surface area contributed by atoms with Gasteiger partial charge in [0.25, 0.3) is 0 Å². The fraction of sp³-hybridized carbons (Fsp3) is 0.650. The molecule has 152 valence electrons. The molecular weight excluding hydrogens is 346 g/mol. The summed E-state index contributed by atoms with van der Waals surface area (Å²) < 4.78 is 21.7. The third-order valence-corrected chi connectivity index (χ3v) is 4.25. The number of aliphatic imine (C=N–C) groups is 1. The van der Waals surface area contributed by atoms with Gasteiger partial charge >= 0.3 is 0 Å². The summed E-state index contributed by atoms with van der Waals surface area (Å²) in [4.78, 5) is 4.25. The molecule has 0 spiro atoms. The highest BCUT2D eigenvalue weighted by Crippen LogP contribution is 2.12. The molecule has 0 radical (unpaired) electrons. The summed E-state index contributed by atoms with van der Waals surface area (Å²) in [7, 11) is 3.44. The Bertz CT molecular complexity index is 531. The standard InChI is InChI=1S/C20H33N3O4/c1-21-20(22-10-4-11-25-16-19-5-3-12-26-19)23-15-17-6-8-18(9-7-17)27-14-13-24-2/h6-9,19H,3-5,10-16H2,1-2H3,(H2,21,22,23). The van der Waals surface area contributed by atoms with E-state index in [9.17, 15) is 0 Å². The van der Waals surface area contributed by atoms with Crippen LogP contribution >= 0.6 is 0 Å². The van der Waals surface area contributed by atoms with E-state index in [1.54, 1.807) is 14.2 Å². The van der Waals surface area contributed by atoms with Crippen molar-refractivity contribution in [3.8, 4) is 5.75 Å². The van der Waals surface area contributed by atoms with E-state index < -0.39 is 0 Å². The lowest BCUT2D eigenvalue weighted by Crippen LogP contribution is -2.37. The van der Waals surface area contributed by atoms with E-state index in [1.807, 2.05) is 24.3 Å². The first-order valence-electron chi connectivity index (χ1n) is 9.66. The first-order valence-corrected chi connectivity index (χ1v) is 9.66. The number of rotatable bonds is 12. The Labute approximate surface area is 162 Å². The second-order valence-corrected chi connectivity index (χ2v) is 6.40. The van der Waals surface area contributed by atoms with E-state index in [2.05, 4.69) is 15.6 Å². The van der Waals surface area contributed by atoms with Gasteiger partial charge in [0, 0.05) is 40.5 Å². The molecule has 0 saturated carbocycles. The van der Waals surface area contributed by atoms with Gasteiger partial charge in [-0.25, -0.2) is 0 Å². The lowest BCUT2D eigenvalue weighted by atomic mass is 10.2. The van der Waals surface area contributed by atoms with E-state index in [0.29, 0.717) is 32.5 Å². The Morgan fingerprint density at radius 1 is 1.19 bits per heavy atom. The third-order valence-electron chi connectivity index (χ3n) is 4.25. The van der Waals surface area contributed by atoms with Crippen LogP contribution in [0.5, 0.6) is 5.75 Å². The predicted molar refractivity (Wildman–Crippen MR) is 106 cm³/mol. The molecule has 1 heterocycles. The number of guanidine groups is 1. The topological polar surface area (TPSA) is 73.3 Å². The molecule has 0 aliphatic carbocycles. The highest BCUT2D eigenvalue weighted by Gasteiger charge is 2.14. The number of nitrogens with one attached hydrogen (secondary N) is 2. The fourth-order valence-corrected chi connectivity index (χ4v) is 2.72. The summed E-state index contributed by atoms with van der Waals surface area (Å²) >= 11 is 0. The zero-order valence-electron chi connectivity index (χ0n) is 16.5. The zero-order valence-corrected chi connectivity index (χ0v) is 16.5. The minimum atomic E-state index is 0.296. The molecule has 2 N–H and O–H groups in total. The zero-order chi connectivity index (χ0) is 19.2. The van der Waals surface area contributed by atoms with Gasteiger partial charge in [-0.1, -0.05) is 12.1 Å². The Hall–Kier alpha value is -1.83. The van der Waals surface area contributed by atoms with Gasteiger partial charge < -0.3 is 29.6 Å². The van der Waals surface area contributed by atoms with Crippen LogP contribution in [0.25, 0.3) is 0 Å². The number of nitrogens with zero attached hydrogens (tertiary/aromatic N) is 1. The Balaban J connectivity index is 1.55. The van der Waals surface area contributed by atoms with Gasteiger partial charge in [-0.2, -0.15) is 0 Å². The monoisotopic (exact) mass is 379 g/mol. The average Bonchev–Trinajstić information content (AvgIpc) is 3.21. The van der Waals surface area contributed by atoms with Crippen molar-refractivity contribution < 1.29 is 18.9 Å². The Morgan fingerprint density at radius 3 is 2.74 bits per heavy atom. The highest BCUT2D eigenvalue weighted by atomic mass is 16.5. The van der Waals surface area contributed by atoms with Crippen LogP contribution in [-0.2, 0) is 20.8 Å². The quantitative estimate of drug-likeness (QED) is 0.329. The molecule has 1 saturated heterocycles. The maximum Gasteiger partial charge on any atom is 0.191 e. The lowest BCUT2D eigenvalue weighted by molar-refractivity contribution is 0.0168. The van der Waals surface area contributed by atoms with Crippen molar-refractivity contribution in [2.75, 3.05) is 53.7 Å². The summed E-state index contributed by atoms with van der Waals surface area (Å²) in [6, 6.07) is 8.02. The van der Waals surface area contributed by atoms with Crippen molar-refractivity contribution in [2.45, 2.75) is 31.9 Å². The smallest absolute Gasteiger partial charge is 0.191 e. The molecule has 0 aromatic heterocycles. The largest absolute Gasteiger partial charge is 0.491 e. The van der Waals surface area contributed by atoms with Crippen LogP contribution in [0.4, 0.5) is 0 Å².